The summed E-state index contributed by atoms with van der Waals surface area (Å²) < 4.78 is 5.15. The molecule has 116 valence electrons. The number of aromatic carboxylic acids is 1. The number of carboxylic acid groups (broad SMARTS) is 1. The molecule has 0 aliphatic rings. The van der Waals surface area contributed by atoms with Crippen LogP contribution >= 0.6 is 23.2 Å². The summed E-state index contributed by atoms with van der Waals surface area (Å²) in [6, 6.07) is 9.94. The van der Waals surface area contributed by atoms with E-state index in [1.807, 2.05) is 0 Å². The van der Waals surface area contributed by atoms with Gasteiger partial charge in [-0.3, -0.25) is 4.98 Å². The zero-order valence-corrected chi connectivity index (χ0v) is 13.5. The van der Waals surface area contributed by atoms with Gasteiger partial charge in [0, 0.05) is 22.7 Å². The number of nitrogens with zero attached hydrogens (tertiary/aromatic N) is 1. The fourth-order valence-electron chi connectivity index (χ4n) is 2.40. The monoisotopic (exact) mass is 347 g/mol. The average Bonchev–Trinajstić information content (AvgIpc) is 2.54. The van der Waals surface area contributed by atoms with E-state index in [0.717, 1.165) is 0 Å². The van der Waals surface area contributed by atoms with Gasteiger partial charge < -0.3 is 9.84 Å². The van der Waals surface area contributed by atoms with Crippen LogP contribution in [0.4, 0.5) is 0 Å². The number of hydrogen-bond acceptors (Lipinski definition) is 3. The molecule has 3 rings (SSSR count). The van der Waals surface area contributed by atoms with Gasteiger partial charge in [-0.1, -0.05) is 23.2 Å². The molecule has 6 heteroatoms. The number of benzene rings is 2. The molecule has 0 fully saturated rings. The number of pyridine rings is 1. The average molecular weight is 348 g/mol. The minimum absolute atomic E-state index is 0.160. The van der Waals surface area contributed by atoms with Crippen molar-refractivity contribution in [3.63, 3.8) is 0 Å². The molecule has 1 heterocycles. The Balaban J connectivity index is 2.33. The standard InChI is InChI=1S/C17H11Cl2NO3/c1-23-10-3-4-11(13(18)7-10)16-12-6-9(17(21)22)2-5-15(12)20-8-14(16)19/h2-8H,1H3,(H,21,22). The highest BCUT2D eigenvalue weighted by atomic mass is 35.5. The molecule has 1 N–H and O–H groups in total. The number of fused-ring (bicyclic) bond motifs is 1. The summed E-state index contributed by atoms with van der Waals surface area (Å²) in [6.07, 6.45) is 1.53. The summed E-state index contributed by atoms with van der Waals surface area (Å²) in [5.74, 6) is -0.391. The SMILES string of the molecule is COc1ccc(-c2c(Cl)cnc3ccc(C(=O)O)cc23)c(Cl)c1. The van der Waals surface area contributed by atoms with Crippen molar-refractivity contribution in [2.75, 3.05) is 7.11 Å². The van der Waals surface area contributed by atoms with Gasteiger partial charge in [-0.2, -0.15) is 0 Å². The molecule has 0 bridgehead atoms. The van der Waals surface area contributed by atoms with Crippen LogP contribution in [0.5, 0.6) is 5.75 Å². The first-order chi connectivity index (χ1) is 11.0. The van der Waals surface area contributed by atoms with Crippen molar-refractivity contribution in [3.8, 4) is 16.9 Å². The van der Waals surface area contributed by atoms with Crippen LogP contribution in [0, 0.1) is 0 Å². The first kappa shape index (κ1) is 15.6. The highest BCUT2D eigenvalue weighted by Gasteiger charge is 2.15. The van der Waals surface area contributed by atoms with E-state index in [2.05, 4.69) is 4.98 Å². The van der Waals surface area contributed by atoms with Crippen molar-refractivity contribution in [1.82, 2.24) is 4.98 Å². The van der Waals surface area contributed by atoms with Crippen LogP contribution < -0.4 is 4.74 Å². The largest absolute Gasteiger partial charge is 0.497 e. The van der Waals surface area contributed by atoms with Gasteiger partial charge in [-0.25, -0.2) is 4.79 Å². The van der Waals surface area contributed by atoms with Crippen molar-refractivity contribution in [2.45, 2.75) is 0 Å². The van der Waals surface area contributed by atoms with Crippen LogP contribution in [-0.4, -0.2) is 23.2 Å². The third-order valence-electron chi connectivity index (χ3n) is 3.51. The number of ether oxygens (including phenoxy) is 1. The fourth-order valence-corrected chi connectivity index (χ4v) is 2.92. The van der Waals surface area contributed by atoms with E-state index in [9.17, 15) is 9.90 Å². The minimum atomic E-state index is -1.02. The van der Waals surface area contributed by atoms with Crippen LogP contribution in [0.25, 0.3) is 22.0 Å². The molecule has 1 aromatic heterocycles. The van der Waals surface area contributed by atoms with Gasteiger partial charge in [0.1, 0.15) is 5.75 Å². The molecule has 0 amide bonds. The number of carboxylic acids is 1. The summed E-state index contributed by atoms with van der Waals surface area (Å²) >= 11 is 12.7. The number of halogens is 2. The molecule has 23 heavy (non-hydrogen) atoms. The van der Waals surface area contributed by atoms with E-state index in [-0.39, 0.29) is 5.56 Å². The van der Waals surface area contributed by atoms with Gasteiger partial charge in [0.05, 0.1) is 28.2 Å². The Bertz CT molecular complexity index is 925. The molecular formula is C17H11Cl2NO3. The van der Waals surface area contributed by atoms with E-state index < -0.39 is 5.97 Å². The van der Waals surface area contributed by atoms with Gasteiger partial charge >= 0.3 is 5.97 Å². The van der Waals surface area contributed by atoms with Crippen molar-refractivity contribution >= 4 is 40.1 Å². The van der Waals surface area contributed by atoms with Gasteiger partial charge in [0.15, 0.2) is 0 Å². The molecule has 2 aromatic carbocycles. The number of carbonyl (C=O) groups is 1. The zero-order chi connectivity index (χ0) is 16.6. The predicted octanol–water partition coefficient (Wildman–Crippen LogP) is 4.92. The molecule has 0 atom stereocenters. The van der Waals surface area contributed by atoms with Crippen LogP contribution in [0.3, 0.4) is 0 Å². The quantitative estimate of drug-likeness (QED) is 0.730. The minimum Gasteiger partial charge on any atom is -0.497 e. The van der Waals surface area contributed by atoms with E-state index >= 15 is 0 Å². The number of methoxy groups -OCH3 is 1. The Hall–Kier alpha value is -2.30. The summed E-state index contributed by atoms with van der Waals surface area (Å²) in [4.78, 5) is 15.5. The fraction of sp³-hybridized carbons (Fsp3) is 0.0588. The zero-order valence-electron chi connectivity index (χ0n) is 12.0. The number of hydrogen-bond donors (Lipinski definition) is 1. The molecule has 0 unspecified atom stereocenters. The summed E-state index contributed by atoms with van der Waals surface area (Å²) in [5.41, 5.74) is 2.13. The third-order valence-corrected chi connectivity index (χ3v) is 4.11. The van der Waals surface area contributed by atoms with E-state index in [0.29, 0.717) is 37.8 Å². The van der Waals surface area contributed by atoms with Crippen LogP contribution in [0.2, 0.25) is 10.0 Å². The van der Waals surface area contributed by atoms with Gasteiger partial charge in [0.25, 0.3) is 0 Å². The Kier molecular flexibility index (Phi) is 4.11. The Morgan fingerprint density at radius 1 is 1.13 bits per heavy atom. The molecule has 0 saturated carbocycles. The lowest BCUT2D eigenvalue weighted by Crippen LogP contribution is -1.97. The number of aromatic nitrogens is 1. The third kappa shape index (κ3) is 2.83. The predicted molar refractivity (Wildman–Crippen MR) is 90.7 cm³/mol. The van der Waals surface area contributed by atoms with E-state index in [4.69, 9.17) is 27.9 Å². The molecule has 4 nitrogen and oxygen atoms in total. The van der Waals surface area contributed by atoms with Gasteiger partial charge in [0.2, 0.25) is 0 Å². The maximum atomic E-state index is 11.2. The molecular weight excluding hydrogens is 337 g/mol. The molecule has 0 spiro atoms. The smallest absolute Gasteiger partial charge is 0.335 e. The highest BCUT2D eigenvalue weighted by molar-refractivity contribution is 6.38. The molecule has 0 radical (unpaired) electrons. The van der Waals surface area contributed by atoms with Crippen molar-refractivity contribution in [2.24, 2.45) is 0 Å². The molecule has 3 aromatic rings. The Morgan fingerprint density at radius 3 is 2.57 bits per heavy atom. The maximum absolute atomic E-state index is 11.2. The van der Waals surface area contributed by atoms with Gasteiger partial charge in [-0.05, 0) is 36.4 Å². The lowest BCUT2D eigenvalue weighted by atomic mass is 9.99. The van der Waals surface area contributed by atoms with Crippen molar-refractivity contribution in [3.05, 3.63) is 58.2 Å². The van der Waals surface area contributed by atoms with E-state index in [1.165, 1.54) is 12.3 Å². The highest BCUT2D eigenvalue weighted by Crippen LogP contribution is 2.39. The Labute approximate surface area is 142 Å². The van der Waals surface area contributed by atoms with Crippen molar-refractivity contribution in [1.29, 1.82) is 0 Å². The molecule has 0 saturated heterocycles. The van der Waals surface area contributed by atoms with Crippen LogP contribution in [0.1, 0.15) is 10.4 Å². The number of rotatable bonds is 3. The summed E-state index contributed by atoms with van der Waals surface area (Å²) in [6.45, 7) is 0. The lowest BCUT2D eigenvalue weighted by Gasteiger charge is -2.12. The first-order valence-electron chi connectivity index (χ1n) is 6.66. The summed E-state index contributed by atoms with van der Waals surface area (Å²) in [7, 11) is 1.55. The van der Waals surface area contributed by atoms with Crippen LogP contribution in [-0.2, 0) is 0 Å². The first-order valence-corrected chi connectivity index (χ1v) is 7.42. The summed E-state index contributed by atoms with van der Waals surface area (Å²) in [5, 5.41) is 10.7. The molecule has 0 aliphatic carbocycles. The van der Waals surface area contributed by atoms with E-state index in [1.54, 1.807) is 37.4 Å². The van der Waals surface area contributed by atoms with Crippen molar-refractivity contribution < 1.29 is 14.6 Å². The molecule has 0 aliphatic heterocycles. The maximum Gasteiger partial charge on any atom is 0.335 e. The normalized spacial score (nSPS) is 10.7. The van der Waals surface area contributed by atoms with Gasteiger partial charge in [-0.15, -0.1) is 0 Å². The lowest BCUT2D eigenvalue weighted by molar-refractivity contribution is 0.0697. The van der Waals surface area contributed by atoms with Crippen LogP contribution in [0.15, 0.2) is 42.6 Å². The second kappa shape index (κ2) is 6.07. The topological polar surface area (TPSA) is 59.4 Å². The Morgan fingerprint density at radius 2 is 1.91 bits per heavy atom. The second-order valence-corrected chi connectivity index (χ2v) is 5.68. The second-order valence-electron chi connectivity index (χ2n) is 4.86.